The number of carbonyl (C=O) groups is 1. The van der Waals surface area contributed by atoms with Crippen molar-refractivity contribution in [2.45, 2.75) is 60.3 Å². The van der Waals surface area contributed by atoms with Crippen molar-refractivity contribution in [2.75, 3.05) is 0 Å². The molecule has 0 heterocycles. The average Bonchev–Trinajstić information content (AvgIpc) is 2.38. The van der Waals surface area contributed by atoms with Gasteiger partial charge >= 0.3 is 0 Å². The minimum atomic E-state index is -0.698. The van der Waals surface area contributed by atoms with Gasteiger partial charge in [0.25, 0.3) is 0 Å². The topological polar surface area (TPSA) is 40.9 Å². The first-order chi connectivity index (χ1) is 7.13. The molecular formula is C14H23NO. The molecular weight excluding hydrogens is 198 g/mol. The van der Waals surface area contributed by atoms with E-state index in [1.807, 2.05) is 13.8 Å². The highest BCUT2D eigenvalue weighted by atomic mass is 16.1. The number of rotatable bonds is 2. The van der Waals surface area contributed by atoms with Crippen LogP contribution < -0.4 is 0 Å². The van der Waals surface area contributed by atoms with Crippen LogP contribution in [0.1, 0.15) is 60.3 Å². The zero-order valence-corrected chi connectivity index (χ0v) is 11.2. The van der Waals surface area contributed by atoms with E-state index in [9.17, 15) is 10.1 Å². The smallest absolute Gasteiger partial charge is 0.158 e. The summed E-state index contributed by atoms with van der Waals surface area (Å²) in [6.07, 6.45) is 3.24. The molecule has 1 atom stereocenters. The molecule has 0 spiro atoms. The Hall–Kier alpha value is -0.840. The van der Waals surface area contributed by atoms with Gasteiger partial charge in [-0.1, -0.05) is 34.6 Å². The zero-order valence-electron chi connectivity index (χ0n) is 11.2. The number of carbonyl (C=O) groups excluding carboxylic acids is 1. The SMILES string of the molecule is CC(C)(C)CCC1(C#N)CCC(C)(C)C1=O. The summed E-state index contributed by atoms with van der Waals surface area (Å²) in [5, 5.41) is 9.35. The summed E-state index contributed by atoms with van der Waals surface area (Å²) >= 11 is 0. The minimum absolute atomic E-state index is 0.159. The fraction of sp³-hybridized carbons (Fsp3) is 0.857. The van der Waals surface area contributed by atoms with Crippen LogP contribution in [0.15, 0.2) is 0 Å². The largest absolute Gasteiger partial charge is 0.297 e. The van der Waals surface area contributed by atoms with Crippen LogP contribution in [0.25, 0.3) is 0 Å². The minimum Gasteiger partial charge on any atom is -0.297 e. The number of Topliss-reactive ketones (excluding diaryl/α,β-unsaturated/α-hetero) is 1. The Morgan fingerprint density at radius 3 is 2.19 bits per heavy atom. The lowest BCUT2D eigenvalue weighted by Crippen LogP contribution is -2.32. The van der Waals surface area contributed by atoms with Gasteiger partial charge in [-0.05, 0) is 31.1 Å². The summed E-state index contributed by atoms with van der Waals surface area (Å²) in [5.41, 5.74) is -0.804. The third-order valence-corrected chi connectivity index (χ3v) is 3.74. The summed E-state index contributed by atoms with van der Waals surface area (Å²) < 4.78 is 0. The van der Waals surface area contributed by atoms with E-state index in [1.165, 1.54) is 0 Å². The first kappa shape index (κ1) is 13.2. The molecule has 0 aromatic rings. The number of hydrogen-bond acceptors (Lipinski definition) is 2. The molecule has 0 bridgehead atoms. The van der Waals surface area contributed by atoms with Crippen LogP contribution >= 0.6 is 0 Å². The van der Waals surface area contributed by atoms with Gasteiger partial charge in [-0.15, -0.1) is 0 Å². The molecule has 16 heavy (non-hydrogen) atoms. The van der Waals surface area contributed by atoms with Crippen molar-refractivity contribution in [1.29, 1.82) is 5.26 Å². The van der Waals surface area contributed by atoms with Crippen molar-refractivity contribution in [2.24, 2.45) is 16.2 Å². The molecule has 2 nitrogen and oxygen atoms in total. The molecule has 0 aliphatic heterocycles. The van der Waals surface area contributed by atoms with E-state index >= 15 is 0 Å². The summed E-state index contributed by atoms with van der Waals surface area (Å²) in [6.45, 7) is 10.4. The highest BCUT2D eigenvalue weighted by molar-refractivity contribution is 5.94. The fourth-order valence-corrected chi connectivity index (χ4v) is 2.39. The number of nitrogens with zero attached hydrogens (tertiary/aromatic N) is 1. The van der Waals surface area contributed by atoms with Gasteiger partial charge in [0.15, 0.2) is 5.78 Å². The van der Waals surface area contributed by atoms with Gasteiger partial charge in [0, 0.05) is 5.41 Å². The Morgan fingerprint density at radius 1 is 1.31 bits per heavy atom. The van der Waals surface area contributed by atoms with E-state index in [2.05, 4.69) is 26.8 Å². The maximum atomic E-state index is 12.3. The molecule has 1 aliphatic carbocycles. The van der Waals surface area contributed by atoms with Crippen LogP contribution in [0.4, 0.5) is 0 Å². The van der Waals surface area contributed by atoms with E-state index < -0.39 is 5.41 Å². The van der Waals surface area contributed by atoms with E-state index in [0.717, 1.165) is 25.7 Å². The van der Waals surface area contributed by atoms with Crippen LogP contribution in [0.3, 0.4) is 0 Å². The Bertz CT molecular complexity index is 330. The summed E-state index contributed by atoms with van der Waals surface area (Å²) in [4.78, 5) is 12.3. The van der Waals surface area contributed by atoms with E-state index in [-0.39, 0.29) is 16.6 Å². The molecule has 1 fully saturated rings. The van der Waals surface area contributed by atoms with Gasteiger partial charge in [-0.2, -0.15) is 5.26 Å². The maximum absolute atomic E-state index is 12.3. The molecule has 1 unspecified atom stereocenters. The molecule has 2 heteroatoms. The molecule has 1 aliphatic rings. The Balaban J connectivity index is 2.83. The fourth-order valence-electron chi connectivity index (χ4n) is 2.39. The van der Waals surface area contributed by atoms with Gasteiger partial charge in [0.1, 0.15) is 5.41 Å². The van der Waals surface area contributed by atoms with Crippen LogP contribution in [-0.2, 0) is 4.79 Å². The van der Waals surface area contributed by atoms with Crippen molar-refractivity contribution >= 4 is 5.78 Å². The molecule has 0 amide bonds. The molecule has 0 aromatic heterocycles. The van der Waals surface area contributed by atoms with Gasteiger partial charge in [0.2, 0.25) is 0 Å². The summed E-state index contributed by atoms with van der Waals surface area (Å²) in [5.74, 6) is 0.159. The third-order valence-electron chi connectivity index (χ3n) is 3.74. The quantitative estimate of drug-likeness (QED) is 0.713. The van der Waals surface area contributed by atoms with Gasteiger partial charge in [-0.25, -0.2) is 0 Å². The van der Waals surface area contributed by atoms with Gasteiger partial charge < -0.3 is 0 Å². The predicted octanol–water partition coefficient (Wildman–Crippen LogP) is 3.71. The van der Waals surface area contributed by atoms with Gasteiger partial charge in [-0.3, -0.25) is 4.79 Å². The van der Waals surface area contributed by atoms with Crippen molar-refractivity contribution in [3.05, 3.63) is 0 Å². The van der Waals surface area contributed by atoms with Gasteiger partial charge in [0.05, 0.1) is 6.07 Å². The highest BCUT2D eigenvalue weighted by Gasteiger charge is 2.52. The lowest BCUT2D eigenvalue weighted by atomic mass is 9.74. The average molecular weight is 221 g/mol. The monoisotopic (exact) mass is 221 g/mol. The van der Waals surface area contributed by atoms with Crippen LogP contribution in [-0.4, -0.2) is 5.78 Å². The van der Waals surface area contributed by atoms with Crippen LogP contribution in [0.2, 0.25) is 0 Å². The second-order valence-corrected chi connectivity index (χ2v) is 6.97. The third kappa shape index (κ3) is 2.45. The van der Waals surface area contributed by atoms with Crippen LogP contribution in [0, 0.1) is 27.6 Å². The number of nitriles is 1. The van der Waals surface area contributed by atoms with E-state index in [1.54, 1.807) is 0 Å². The Morgan fingerprint density at radius 2 is 1.88 bits per heavy atom. The molecule has 1 saturated carbocycles. The highest BCUT2D eigenvalue weighted by Crippen LogP contribution is 2.49. The lowest BCUT2D eigenvalue weighted by Gasteiger charge is -2.26. The molecule has 90 valence electrons. The summed E-state index contributed by atoms with van der Waals surface area (Å²) in [7, 11) is 0. The Labute approximate surface area is 99.0 Å². The molecule has 0 radical (unpaired) electrons. The zero-order chi connectivity index (χ0) is 12.6. The van der Waals surface area contributed by atoms with E-state index in [4.69, 9.17) is 0 Å². The molecule has 0 saturated heterocycles. The number of hydrogen-bond donors (Lipinski definition) is 0. The second-order valence-electron chi connectivity index (χ2n) is 6.97. The molecule has 0 N–H and O–H groups in total. The lowest BCUT2D eigenvalue weighted by molar-refractivity contribution is -0.130. The standard InChI is InChI=1S/C14H23NO/c1-12(2,3)6-8-14(10-15)9-7-13(4,5)11(14)16/h6-9H2,1-5H3. The second kappa shape index (κ2) is 3.87. The predicted molar refractivity (Wildman–Crippen MR) is 64.8 cm³/mol. The van der Waals surface area contributed by atoms with Crippen LogP contribution in [0.5, 0.6) is 0 Å². The molecule has 1 rings (SSSR count). The van der Waals surface area contributed by atoms with Crippen molar-refractivity contribution in [1.82, 2.24) is 0 Å². The number of ketones is 1. The molecule has 0 aromatic carbocycles. The van der Waals surface area contributed by atoms with Crippen molar-refractivity contribution in [3.8, 4) is 6.07 Å². The maximum Gasteiger partial charge on any atom is 0.158 e. The van der Waals surface area contributed by atoms with Crippen molar-refractivity contribution < 1.29 is 4.79 Å². The Kier molecular flexibility index (Phi) is 3.20. The van der Waals surface area contributed by atoms with Crippen molar-refractivity contribution in [3.63, 3.8) is 0 Å². The normalized spacial score (nSPS) is 29.1. The summed E-state index contributed by atoms with van der Waals surface area (Å²) in [6, 6.07) is 2.31. The first-order valence-corrected chi connectivity index (χ1v) is 6.09. The van der Waals surface area contributed by atoms with E-state index in [0.29, 0.717) is 0 Å². The first-order valence-electron chi connectivity index (χ1n) is 6.09.